The van der Waals surface area contributed by atoms with Gasteiger partial charge >= 0.3 is 6.18 Å². The summed E-state index contributed by atoms with van der Waals surface area (Å²) < 4.78 is 65.8. The molecule has 0 spiro atoms. The number of hydrogen-bond acceptors (Lipinski definition) is 3. The minimum atomic E-state index is -4.58. The van der Waals surface area contributed by atoms with E-state index in [4.69, 9.17) is 0 Å². The molecule has 11 heteroatoms. The summed E-state index contributed by atoms with van der Waals surface area (Å²) in [5.74, 6) is -3.65. The van der Waals surface area contributed by atoms with E-state index in [9.17, 15) is 31.5 Å². The maximum absolute atomic E-state index is 13.6. The zero-order valence-electron chi connectivity index (χ0n) is 15.9. The molecule has 162 valence electrons. The molecule has 0 aliphatic carbocycles. The fourth-order valence-electron chi connectivity index (χ4n) is 2.74. The molecule has 0 bridgehead atoms. The molecule has 2 aromatic carbocycles. The Kier molecular flexibility index (Phi) is 6.04. The van der Waals surface area contributed by atoms with Gasteiger partial charge in [-0.25, -0.2) is 13.5 Å². The molecule has 31 heavy (non-hydrogen) atoms. The number of benzene rings is 2. The average molecular weight is 438 g/mol. The Hall–Kier alpha value is -3.76. The summed E-state index contributed by atoms with van der Waals surface area (Å²) in [6, 6.07) is 7.71. The van der Waals surface area contributed by atoms with E-state index in [1.54, 1.807) is 0 Å². The minimum Gasteiger partial charge on any atom is -0.357 e. The van der Waals surface area contributed by atoms with Crippen molar-refractivity contribution in [3.8, 4) is 5.69 Å². The minimum absolute atomic E-state index is 0.0273. The first-order valence-electron chi connectivity index (χ1n) is 8.81. The van der Waals surface area contributed by atoms with E-state index < -0.39 is 41.4 Å². The zero-order chi connectivity index (χ0) is 22.8. The molecule has 3 aromatic rings. The molecule has 0 saturated heterocycles. The highest BCUT2D eigenvalue weighted by Crippen LogP contribution is 2.28. The predicted molar refractivity (Wildman–Crippen MR) is 99.2 cm³/mol. The van der Waals surface area contributed by atoms with Crippen molar-refractivity contribution in [2.24, 2.45) is 0 Å². The molecule has 1 atom stereocenters. The maximum Gasteiger partial charge on any atom is 0.435 e. The number of carbonyl (C=O) groups is 2. The summed E-state index contributed by atoms with van der Waals surface area (Å²) in [5, 5.41) is 8.18. The second kappa shape index (κ2) is 8.54. The summed E-state index contributed by atoms with van der Waals surface area (Å²) in [5.41, 5.74) is -0.673. The van der Waals surface area contributed by atoms with Crippen LogP contribution in [0.1, 0.15) is 27.7 Å². The van der Waals surface area contributed by atoms with Crippen LogP contribution in [0.2, 0.25) is 0 Å². The van der Waals surface area contributed by atoms with Gasteiger partial charge in [-0.15, -0.1) is 0 Å². The third kappa shape index (κ3) is 4.87. The topological polar surface area (TPSA) is 76.0 Å². The average Bonchev–Trinajstić information content (AvgIpc) is 3.24. The number of hydrogen-bond donors (Lipinski definition) is 2. The number of amides is 2. The number of likely N-dealkylation sites (N-methyl/N-ethyl adjacent to an activating group) is 1. The van der Waals surface area contributed by atoms with Crippen LogP contribution in [-0.4, -0.2) is 28.6 Å². The van der Waals surface area contributed by atoms with Crippen molar-refractivity contribution in [2.45, 2.75) is 12.2 Å². The van der Waals surface area contributed by atoms with Crippen LogP contribution in [0.4, 0.5) is 22.0 Å². The van der Waals surface area contributed by atoms with Gasteiger partial charge in [0, 0.05) is 18.8 Å². The predicted octanol–water partition coefficient (Wildman–Crippen LogP) is 3.39. The van der Waals surface area contributed by atoms with Crippen LogP contribution in [-0.2, 0) is 11.0 Å². The highest BCUT2D eigenvalue weighted by atomic mass is 19.4. The van der Waals surface area contributed by atoms with Crippen LogP contribution in [0, 0.1) is 11.6 Å². The highest BCUT2D eigenvalue weighted by molar-refractivity contribution is 5.98. The largest absolute Gasteiger partial charge is 0.435 e. The van der Waals surface area contributed by atoms with Gasteiger partial charge in [0.25, 0.3) is 5.91 Å². The first-order valence-corrected chi connectivity index (χ1v) is 8.81. The third-order valence-electron chi connectivity index (χ3n) is 4.33. The van der Waals surface area contributed by atoms with E-state index in [0.717, 1.165) is 35.1 Å². The monoisotopic (exact) mass is 438 g/mol. The van der Waals surface area contributed by atoms with E-state index >= 15 is 0 Å². The summed E-state index contributed by atoms with van der Waals surface area (Å²) in [7, 11) is 1.31. The van der Waals surface area contributed by atoms with Gasteiger partial charge in [-0.2, -0.15) is 18.3 Å². The van der Waals surface area contributed by atoms with Gasteiger partial charge in [-0.1, -0.05) is 6.07 Å². The van der Waals surface area contributed by atoms with Crippen molar-refractivity contribution < 1.29 is 31.5 Å². The SMILES string of the molecule is CNC(=O)C(NC(=O)c1ccc(-n2ccc(C(F)(F)F)n2)cc1)c1ccc(F)c(F)c1. The van der Waals surface area contributed by atoms with Gasteiger partial charge in [0.05, 0.1) is 5.69 Å². The summed E-state index contributed by atoms with van der Waals surface area (Å²) in [6.07, 6.45) is -3.46. The van der Waals surface area contributed by atoms with Gasteiger partial charge < -0.3 is 10.6 Å². The van der Waals surface area contributed by atoms with Crippen molar-refractivity contribution in [1.82, 2.24) is 20.4 Å². The summed E-state index contributed by atoms with van der Waals surface area (Å²) in [4.78, 5) is 24.7. The van der Waals surface area contributed by atoms with Gasteiger partial charge in [-0.3, -0.25) is 9.59 Å². The fourth-order valence-corrected chi connectivity index (χ4v) is 2.74. The Labute approximate surface area is 172 Å². The Morgan fingerprint density at radius 2 is 1.68 bits per heavy atom. The Morgan fingerprint density at radius 1 is 1.00 bits per heavy atom. The molecule has 0 saturated carbocycles. The van der Waals surface area contributed by atoms with Gasteiger partial charge in [0.15, 0.2) is 17.3 Å². The standard InChI is InChI=1S/C20H15F5N4O2/c1-26-19(31)17(12-4-7-14(21)15(22)10-12)27-18(30)11-2-5-13(6-3-11)29-9-8-16(28-29)20(23,24)25/h2-10,17H,1H3,(H,26,31)(H,27,30). The lowest BCUT2D eigenvalue weighted by Gasteiger charge is -2.18. The molecule has 0 fully saturated rings. The number of aromatic nitrogens is 2. The first kappa shape index (κ1) is 21.9. The lowest BCUT2D eigenvalue weighted by atomic mass is 10.0. The molecule has 0 aliphatic heterocycles. The van der Waals surface area contributed by atoms with E-state index in [2.05, 4.69) is 15.7 Å². The van der Waals surface area contributed by atoms with Crippen molar-refractivity contribution in [3.05, 3.63) is 83.2 Å². The number of rotatable bonds is 5. The van der Waals surface area contributed by atoms with Gasteiger partial charge in [0.2, 0.25) is 5.91 Å². The molecular weight excluding hydrogens is 423 g/mol. The van der Waals surface area contributed by atoms with Crippen LogP contribution < -0.4 is 10.6 Å². The lowest BCUT2D eigenvalue weighted by molar-refractivity contribution is -0.141. The lowest BCUT2D eigenvalue weighted by Crippen LogP contribution is -2.39. The summed E-state index contributed by atoms with van der Waals surface area (Å²) >= 11 is 0. The molecule has 2 amide bonds. The quantitative estimate of drug-likeness (QED) is 0.600. The summed E-state index contributed by atoms with van der Waals surface area (Å²) in [6.45, 7) is 0. The fraction of sp³-hybridized carbons (Fsp3) is 0.150. The van der Waals surface area contributed by atoms with E-state index in [1.807, 2.05) is 0 Å². The van der Waals surface area contributed by atoms with Crippen LogP contribution in [0.3, 0.4) is 0 Å². The van der Waals surface area contributed by atoms with E-state index in [1.165, 1.54) is 31.3 Å². The maximum atomic E-state index is 13.6. The molecule has 0 aliphatic rings. The molecule has 0 radical (unpaired) electrons. The van der Waals surface area contributed by atoms with Crippen molar-refractivity contribution in [1.29, 1.82) is 0 Å². The van der Waals surface area contributed by atoms with Crippen molar-refractivity contribution in [2.75, 3.05) is 7.05 Å². The Bertz CT molecular complexity index is 1110. The molecular formula is C20H15F5N4O2. The number of halogens is 5. The van der Waals surface area contributed by atoms with Gasteiger partial charge in [-0.05, 0) is 48.0 Å². The number of nitrogens with zero attached hydrogens (tertiary/aromatic N) is 2. The second-order valence-corrected chi connectivity index (χ2v) is 6.38. The Morgan fingerprint density at radius 3 is 2.23 bits per heavy atom. The molecule has 3 rings (SSSR count). The molecule has 2 N–H and O–H groups in total. The molecule has 1 heterocycles. The molecule has 6 nitrogen and oxygen atoms in total. The van der Waals surface area contributed by atoms with Crippen molar-refractivity contribution in [3.63, 3.8) is 0 Å². The van der Waals surface area contributed by atoms with Crippen LogP contribution >= 0.6 is 0 Å². The van der Waals surface area contributed by atoms with Crippen LogP contribution in [0.15, 0.2) is 54.7 Å². The van der Waals surface area contributed by atoms with Gasteiger partial charge in [0.1, 0.15) is 6.04 Å². The normalized spacial score (nSPS) is 12.3. The zero-order valence-corrected chi connectivity index (χ0v) is 15.9. The molecule has 1 unspecified atom stereocenters. The third-order valence-corrected chi connectivity index (χ3v) is 4.33. The van der Waals surface area contributed by atoms with Crippen molar-refractivity contribution >= 4 is 11.8 Å². The number of carbonyl (C=O) groups excluding carboxylic acids is 2. The van der Waals surface area contributed by atoms with E-state index in [0.29, 0.717) is 0 Å². The van der Waals surface area contributed by atoms with Crippen LogP contribution in [0.5, 0.6) is 0 Å². The Balaban J connectivity index is 1.80. The van der Waals surface area contributed by atoms with Crippen LogP contribution in [0.25, 0.3) is 5.69 Å². The number of nitrogens with one attached hydrogen (secondary N) is 2. The molecule has 1 aromatic heterocycles. The smallest absolute Gasteiger partial charge is 0.357 e. The highest BCUT2D eigenvalue weighted by Gasteiger charge is 2.33. The second-order valence-electron chi connectivity index (χ2n) is 6.38. The van der Waals surface area contributed by atoms with E-state index in [-0.39, 0.29) is 16.8 Å². The first-order chi connectivity index (χ1) is 14.6. The number of alkyl halides is 3.